The Morgan fingerprint density at radius 3 is 2.59 bits per heavy atom. The number of hydrogen-bond donors (Lipinski definition) is 2. The lowest BCUT2D eigenvalue weighted by molar-refractivity contribution is 0.316. The van der Waals surface area contributed by atoms with Crippen LogP contribution in [0.4, 0.5) is 0 Å². The molecule has 34 heavy (non-hydrogen) atoms. The minimum atomic E-state index is 0.559. The van der Waals surface area contributed by atoms with Gasteiger partial charge in [-0.2, -0.15) is 10.4 Å². The molecule has 170 valence electrons. The number of nitriles is 1. The predicted molar refractivity (Wildman–Crippen MR) is 138 cm³/mol. The van der Waals surface area contributed by atoms with Crippen molar-refractivity contribution in [3.8, 4) is 11.8 Å². The molecule has 0 amide bonds. The van der Waals surface area contributed by atoms with Gasteiger partial charge in [0.15, 0.2) is 0 Å². The van der Waals surface area contributed by atoms with Crippen molar-refractivity contribution in [1.82, 2.24) is 15.5 Å². The molecule has 0 radical (unpaired) electrons. The lowest BCUT2D eigenvalue weighted by atomic mass is 9.88. The van der Waals surface area contributed by atoms with E-state index in [0.29, 0.717) is 19.7 Å². The van der Waals surface area contributed by atoms with Crippen LogP contribution >= 0.6 is 0 Å². The maximum absolute atomic E-state index is 8.51. The predicted octanol–water partition coefficient (Wildman–Crippen LogP) is 5.98. The van der Waals surface area contributed by atoms with Gasteiger partial charge in [-0.15, -0.1) is 0 Å². The lowest BCUT2D eigenvalue weighted by Gasteiger charge is -2.17. The highest BCUT2D eigenvalue weighted by atomic mass is 16.5. The van der Waals surface area contributed by atoms with Gasteiger partial charge in [0, 0.05) is 24.6 Å². The van der Waals surface area contributed by atoms with Crippen LogP contribution in [0.1, 0.15) is 30.0 Å². The number of rotatable bonds is 10. The summed E-state index contributed by atoms with van der Waals surface area (Å²) in [5.41, 5.74) is 7.08. The molecule has 0 unspecified atom stereocenters. The van der Waals surface area contributed by atoms with E-state index in [1.165, 1.54) is 22.8 Å². The molecular formula is C29H28N4O. The van der Waals surface area contributed by atoms with Crippen LogP contribution in [-0.4, -0.2) is 29.9 Å². The van der Waals surface area contributed by atoms with Gasteiger partial charge in [0.2, 0.25) is 0 Å². The Balaban J connectivity index is 1.61. The van der Waals surface area contributed by atoms with E-state index in [1.807, 2.05) is 24.4 Å². The van der Waals surface area contributed by atoms with Gasteiger partial charge < -0.3 is 10.1 Å². The normalized spacial score (nSPS) is 12.0. The van der Waals surface area contributed by atoms with E-state index in [9.17, 15) is 0 Å². The Kier molecular flexibility index (Phi) is 7.89. The third-order valence-electron chi connectivity index (χ3n) is 5.65. The second-order valence-corrected chi connectivity index (χ2v) is 7.85. The summed E-state index contributed by atoms with van der Waals surface area (Å²) < 4.78 is 5.89. The van der Waals surface area contributed by atoms with E-state index in [4.69, 9.17) is 10.00 Å². The van der Waals surface area contributed by atoms with Crippen molar-refractivity contribution >= 4 is 22.0 Å². The molecule has 3 aromatic carbocycles. The summed E-state index contributed by atoms with van der Waals surface area (Å²) in [5.74, 6) is 0.834. The summed E-state index contributed by atoms with van der Waals surface area (Å²) in [6, 6.07) is 27.3. The van der Waals surface area contributed by atoms with E-state index in [1.54, 1.807) is 6.08 Å². The number of nitrogens with zero attached hydrogens (tertiary/aromatic N) is 2. The molecular weight excluding hydrogens is 420 g/mol. The minimum absolute atomic E-state index is 0.559. The maximum atomic E-state index is 8.51. The molecule has 0 aliphatic carbocycles. The maximum Gasteiger partial charge on any atom is 0.119 e. The molecule has 5 heteroatoms. The van der Waals surface area contributed by atoms with Gasteiger partial charge in [0.25, 0.3) is 0 Å². The fraction of sp³-hybridized carbons (Fsp3) is 0.172. The summed E-state index contributed by atoms with van der Waals surface area (Å²) in [5, 5.41) is 20.0. The number of allylic oxidation sites excluding steroid dienone is 2. The first kappa shape index (κ1) is 23.0. The zero-order valence-corrected chi connectivity index (χ0v) is 19.3. The van der Waals surface area contributed by atoms with Crippen LogP contribution in [-0.2, 0) is 0 Å². The van der Waals surface area contributed by atoms with Gasteiger partial charge in [-0.25, -0.2) is 0 Å². The molecule has 2 N–H and O–H groups in total. The van der Waals surface area contributed by atoms with E-state index >= 15 is 0 Å². The lowest BCUT2D eigenvalue weighted by Crippen LogP contribution is -2.20. The second kappa shape index (κ2) is 11.6. The van der Waals surface area contributed by atoms with Crippen LogP contribution in [0.2, 0.25) is 0 Å². The SMILES string of the molecule is CCC(=C(c1ccc(OCCNCC=CC#N)cc1)c1ccc2[nH]ncc2c1)c1ccccc1. The highest BCUT2D eigenvalue weighted by molar-refractivity contribution is 6.00. The molecule has 5 nitrogen and oxygen atoms in total. The quantitative estimate of drug-likeness (QED) is 0.178. The zero-order valence-electron chi connectivity index (χ0n) is 19.3. The first-order valence-electron chi connectivity index (χ1n) is 11.5. The summed E-state index contributed by atoms with van der Waals surface area (Å²) in [6.45, 7) is 4.13. The molecule has 0 saturated carbocycles. The highest BCUT2D eigenvalue weighted by Crippen LogP contribution is 2.36. The number of ether oxygens (including phenoxy) is 1. The first-order chi connectivity index (χ1) is 16.8. The molecule has 4 aromatic rings. The molecule has 1 aromatic heterocycles. The van der Waals surface area contributed by atoms with Gasteiger partial charge >= 0.3 is 0 Å². The van der Waals surface area contributed by atoms with E-state index < -0.39 is 0 Å². The van der Waals surface area contributed by atoms with E-state index in [0.717, 1.165) is 34.2 Å². The first-order valence-corrected chi connectivity index (χ1v) is 11.5. The molecule has 0 spiro atoms. The van der Waals surface area contributed by atoms with Gasteiger partial charge in [-0.3, -0.25) is 5.10 Å². The van der Waals surface area contributed by atoms with Crippen molar-refractivity contribution in [2.24, 2.45) is 0 Å². The average Bonchev–Trinajstić information content (AvgIpc) is 3.36. The van der Waals surface area contributed by atoms with Crippen molar-refractivity contribution < 1.29 is 4.74 Å². The topological polar surface area (TPSA) is 73.7 Å². The summed E-state index contributed by atoms with van der Waals surface area (Å²) in [4.78, 5) is 0. The number of H-pyrrole nitrogens is 1. The average molecular weight is 449 g/mol. The third-order valence-corrected chi connectivity index (χ3v) is 5.65. The standard InChI is InChI=1S/C29H28N4O/c1-2-27(22-8-4-3-5-9-22)29(24-12-15-28-25(20-24)21-32-33-28)23-10-13-26(14-11-23)34-19-18-31-17-7-6-16-30/h3-15,20-21,31H,2,17-19H2,1H3,(H,32,33). The van der Waals surface area contributed by atoms with Crippen LogP contribution in [0, 0.1) is 11.3 Å². The monoisotopic (exact) mass is 448 g/mol. The van der Waals surface area contributed by atoms with E-state index in [2.05, 4.69) is 83.1 Å². The van der Waals surface area contributed by atoms with Gasteiger partial charge in [-0.1, -0.05) is 61.5 Å². The van der Waals surface area contributed by atoms with Crippen molar-refractivity contribution in [2.75, 3.05) is 19.7 Å². The molecule has 4 rings (SSSR count). The molecule has 0 fully saturated rings. The summed E-state index contributed by atoms with van der Waals surface area (Å²) >= 11 is 0. The van der Waals surface area contributed by atoms with Crippen LogP contribution in [0.25, 0.3) is 22.0 Å². The van der Waals surface area contributed by atoms with Crippen LogP contribution in [0.5, 0.6) is 5.75 Å². The smallest absolute Gasteiger partial charge is 0.119 e. The Bertz CT molecular complexity index is 1310. The summed E-state index contributed by atoms with van der Waals surface area (Å²) in [7, 11) is 0. The van der Waals surface area contributed by atoms with Crippen molar-refractivity contribution in [1.29, 1.82) is 5.26 Å². The second-order valence-electron chi connectivity index (χ2n) is 7.85. The van der Waals surface area contributed by atoms with Crippen LogP contribution in [0.3, 0.4) is 0 Å². The minimum Gasteiger partial charge on any atom is -0.492 e. The number of hydrogen-bond acceptors (Lipinski definition) is 4. The van der Waals surface area contributed by atoms with Crippen molar-refractivity contribution in [2.45, 2.75) is 13.3 Å². The Morgan fingerprint density at radius 2 is 1.82 bits per heavy atom. The fourth-order valence-corrected chi connectivity index (χ4v) is 4.03. The molecule has 0 atom stereocenters. The van der Waals surface area contributed by atoms with E-state index in [-0.39, 0.29) is 0 Å². The Morgan fingerprint density at radius 1 is 1.03 bits per heavy atom. The molecule has 0 bridgehead atoms. The Labute approximate surface area is 200 Å². The number of benzene rings is 3. The number of fused-ring (bicyclic) bond motifs is 1. The van der Waals surface area contributed by atoms with Crippen LogP contribution < -0.4 is 10.1 Å². The molecule has 0 aliphatic rings. The molecule has 0 saturated heterocycles. The van der Waals surface area contributed by atoms with Gasteiger partial charge in [-0.05, 0) is 58.5 Å². The van der Waals surface area contributed by atoms with Gasteiger partial charge in [0.1, 0.15) is 12.4 Å². The Hall–Kier alpha value is -4.14. The number of aromatic amines is 1. The molecule has 0 aliphatic heterocycles. The zero-order chi connectivity index (χ0) is 23.6. The largest absolute Gasteiger partial charge is 0.492 e. The summed E-state index contributed by atoms with van der Waals surface area (Å²) in [6.07, 6.45) is 6.04. The number of nitrogens with one attached hydrogen (secondary N) is 2. The third kappa shape index (κ3) is 5.61. The van der Waals surface area contributed by atoms with Crippen LogP contribution in [0.15, 0.2) is 91.1 Å². The van der Waals surface area contributed by atoms with Crippen molar-refractivity contribution in [3.63, 3.8) is 0 Å². The van der Waals surface area contributed by atoms with Gasteiger partial charge in [0.05, 0.1) is 17.8 Å². The number of aromatic nitrogens is 2. The highest BCUT2D eigenvalue weighted by Gasteiger charge is 2.14. The van der Waals surface area contributed by atoms with Crippen molar-refractivity contribution in [3.05, 3.63) is 108 Å². The fourth-order valence-electron chi connectivity index (χ4n) is 4.03. The molecule has 1 heterocycles.